The molecule has 174 valence electrons. The predicted octanol–water partition coefficient (Wildman–Crippen LogP) is 3.73. The van der Waals surface area contributed by atoms with Gasteiger partial charge in [0.2, 0.25) is 0 Å². The van der Waals surface area contributed by atoms with Crippen LogP contribution in [0.3, 0.4) is 0 Å². The lowest BCUT2D eigenvalue weighted by Gasteiger charge is -2.40. The first-order valence-electron chi connectivity index (χ1n) is 11.5. The molecule has 1 aliphatic rings. The molecule has 4 rings (SSSR count). The molecule has 1 atom stereocenters. The fourth-order valence-corrected chi connectivity index (χ4v) is 4.67. The van der Waals surface area contributed by atoms with Gasteiger partial charge in [-0.25, -0.2) is 0 Å². The summed E-state index contributed by atoms with van der Waals surface area (Å²) in [6, 6.07) is 20.1. The van der Waals surface area contributed by atoms with E-state index in [1.807, 2.05) is 13.0 Å². The van der Waals surface area contributed by atoms with Gasteiger partial charge in [0.1, 0.15) is 5.75 Å². The summed E-state index contributed by atoms with van der Waals surface area (Å²) in [5.41, 5.74) is 4.41. The number of rotatable bonds is 7. The number of benzene rings is 2. The van der Waals surface area contributed by atoms with Crippen LogP contribution in [0.2, 0.25) is 0 Å². The van der Waals surface area contributed by atoms with Crippen LogP contribution >= 0.6 is 0 Å². The highest BCUT2D eigenvalue weighted by Gasteiger charge is 2.31. The first-order valence-corrected chi connectivity index (χ1v) is 11.5. The topological polar surface area (TPSA) is 57.9 Å². The van der Waals surface area contributed by atoms with Gasteiger partial charge >= 0.3 is 0 Å². The molecule has 0 bridgehead atoms. The molecule has 6 heteroatoms. The van der Waals surface area contributed by atoms with E-state index < -0.39 is 0 Å². The van der Waals surface area contributed by atoms with Crippen LogP contribution in [0.4, 0.5) is 5.69 Å². The van der Waals surface area contributed by atoms with E-state index in [-0.39, 0.29) is 17.4 Å². The molecule has 0 unspecified atom stereocenters. The first-order chi connectivity index (χ1) is 16.0. The molecule has 1 saturated heterocycles. The number of methoxy groups -OCH3 is 1. The maximum absolute atomic E-state index is 13.6. The van der Waals surface area contributed by atoms with Crippen molar-refractivity contribution in [1.29, 1.82) is 0 Å². The molecule has 2 heterocycles. The van der Waals surface area contributed by atoms with Crippen molar-refractivity contribution >= 4 is 5.69 Å². The number of hydrogen-bond donors (Lipinski definition) is 1. The fraction of sp³-hybridized carbons (Fsp3) is 0.370. The Labute approximate surface area is 195 Å². The summed E-state index contributed by atoms with van der Waals surface area (Å²) in [6.07, 6.45) is 0. The highest BCUT2D eigenvalue weighted by molar-refractivity contribution is 5.47. The third-order valence-electron chi connectivity index (χ3n) is 6.51. The number of anilines is 1. The van der Waals surface area contributed by atoms with Gasteiger partial charge in [-0.15, -0.1) is 0 Å². The minimum Gasteiger partial charge on any atom is -0.507 e. The average molecular weight is 448 g/mol. The third kappa shape index (κ3) is 4.97. The lowest BCUT2D eigenvalue weighted by atomic mass is 9.95. The van der Waals surface area contributed by atoms with Crippen molar-refractivity contribution < 1.29 is 9.84 Å². The van der Waals surface area contributed by atoms with Crippen LogP contribution in [0.1, 0.15) is 28.4 Å². The Bertz CT molecular complexity index is 1120. The van der Waals surface area contributed by atoms with Gasteiger partial charge in [0.25, 0.3) is 5.56 Å². The fourth-order valence-electron chi connectivity index (χ4n) is 4.67. The summed E-state index contributed by atoms with van der Waals surface area (Å²) in [4.78, 5) is 18.3. The molecule has 0 amide bonds. The quantitative estimate of drug-likeness (QED) is 0.598. The van der Waals surface area contributed by atoms with Crippen LogP contribution in [0.15, 0.2) is 65.5 Å². The Morgan fingerprint density at radius 1 is 0.970 bits per heavy atom. The molecule has 1 aromatic heterocycles. The molecule has 0 saturated carbocycles. The van der Waals surface area contributed by atoms with Gasteiger partial charge in [-0.3, -0.25) is 9.69 Å². The molecule has 1 N–H and O–H groups in total. The molecule has 0 radical (unpaired) electrons. The molecule has 2 aromatic carbocycles. The normalized spacial score (nSPS) is 15.5. The predicted molar refractivity (Wildman–Crippen MR) is 132 cm³/mol. The molecular formula is C27H33N3O3. The summed E-state index contributed by atoms with van der Waals surface area (Å²) in [6.45, 7) is 8.09. The Morgan fingerprint density at radius 3 is 2.27 bits per heavy atom. The Hall–Kier alpha value is -3.09. The molecule has 1 fully saturated rings. The van der Waals surface area contributed by atoms with Gasteiger partial charge < -0.3 is 19.3 Å². The number of aryl methyl sites for hydroxylation is 2. The average Bonchev–Trinajstić information content (AvgIpc) is 2.83. The van der Waals surface area contributed by atoms with Crippen molar-refractivity contribution in [2.75, 3.05) is 44.8 Å². The van der Waals surface area contributed by atoms with Gasteiger partial charge in [-0.1, -0.05) is 48.0 Å². The molecular weight excluding hydrogens is 414 g/mol. The first kappa shape index (κ1) is 23.1. The van der Waals surface area contributed by atoms with E-state index in [0.29, 0.717) is 18.7 Å². The maximum Gasteiger partial charge on any atom is 0.259 e. The van der Waals surface area contributed by atoms with Gasteiger partial charge in [0, 0.05) is 51.2 Å². The second kappa shape index (κ2) is 10.2. The van der Waals surface area contributed by atoms with Crippen molar-refractivity contribution in [3.8, 4) is 5.75 Å². The van der Waals surface area contributed by atoms with Crippen LogP contribution in [0.25, 0.3) is 0 Å². The van der Waals surface area contributed by atoms with E-state index in [9.17, 15) is 9.90 Å². The zero-order chi connectivity index (χ0) is 23.4. The maximum atomic E-state index is 13.6. The van der Waals surface area contributed by atoms with Gasteiger partial charge in [-0.2, -0.15) is 0 Å². The summed E-state index contributed by atoms with van der Waals surface area (Å²) < 4.78 is 6.92. The number of nitrogens with zero attached hydrogens (tertiary/aromatic N) is 3. The summed E-state index contributed by atoms with van der Waals surface area (Å²) >= 11 is 0. The molecule has 33 heavy (non-hydrogen) atoms. The number of aromatic nitrogens is 1. The van der Waals surface area contributed by atoms with Crippen LogP contribution in [0, 0.1) is 13.8 Å². The van der Waals surface area contributed by atoms with Crippen LogP contribution in [0.5, 0.6) is 5.75 Å². The number of pyridine rings is 1. The summed E-state index contributed by atoms with van der Waals surface area (Å²) in [5.74, 6) is 0.0576. The van der Waals surface area contributed by atoms with E-state index in [0.717, 1.165) is 43.0 Å². The second-order valence-electron chi connectivity index (χ2n) is 8.71. The largest absolute Gasteiger partial charge is 0.507 e. The van der Waals surface area contributed by atoms with Crippen molar-refractivity contribution in [3.63, 3.8) is 0 Å². The molecule has 1 aliphatic heterocycles. The highest BCUT2D eigenvalue weighted by atomic mass is 16.5. The number of ether oxygens (including phenoxy) is 1. The number of aromatic hydroxyl groups is 1. The SMILES string of the molecule is COCCn1c(C)cc(O)c([C@@H](c2ccc(C)cc2)N2CCN(c3ccccc3)CC2)c1=O. The van der Waals surface area contributed by atoms with Gasteiger partial charge in [0.05, 0.1) is 18.2 Å². The Kier molecular flexibility index (Phi) is 7.16. The van der Waals surface area contributed by atoms with Gasteiger partial charge in [-0.05, 0) is 37.6 Å². The minimum atomic E-state index is -0.314. The van der Waals surface area contributed by atoms with Crippen molar-refractivity contribution in [2.24, 2.45) is 0 Å². The molecule has 0 spiro atoms. The second-order valence-corrected chi connectivity index (χ2v) is 8.71. The minimum absolute atomic E-state index is 0.0576. The van der Waals surface area contributed by atoms with Crippen molar-refractivity contribution in [1.82, 2.24) is 9.47 Å². The zero-order valence-electron chi connectivity index (χ0n) is 19.7. The smallest absolute Gasteiger partial charge is 0.259 e. The van der Waals surface area contributed by atoms with Crippen LogP contribution in [-0.2, 0) is 11.3 Å². The number of para-hydroxylation sites is 1. The number of hydrogen-bond acceptors (Lipinski definition) is 5. The third-order valence-corrected chi connectivity index (χ3v) is 6.51. The Balaban J connectivity index is 1.72. The van der Waals surface area contributed by atoms with Crippen LogP contribution in [-0.4, -0.2) is 54.5 Å². The van der Waals surface area contributed by atoms with E-state index in [2.05, 4.69) is 65.3 Å². The highest BCUT2D eigenvalue weighted by Crippen LogP contribution is 2.34. The lowest BCUT2D eigenvalue weighted by Crippen LogP contribution is -2.49. The monoisotopic (exact) mass is 447 g/mol. The van der Waals surface area contributed by atoms with E-state index in [1.54, 1.807) is 17.7 Å². The van der Waals surface area contributed by atoms with E-state index in [1.165, 1.54) is 5.69 Å². The molecule has 3 aromatic rings. The lowest BCUT2D eigenvalue weighted by molar-refractivity contribution is 0.183. The zero-order valence-corrected chi connectivity index (χ0v) is 19.7. The van der Waals surface area contributed by atoms with Crippen molar-refractivity contribution in [2.45, 2.75) is 26.4 Å². The summed E-state index contributed by atoms with van der Waals surface area (Å²) in [5, 5.41) is 11.0. The Morgan fingerprint density at radius 2 is 1.64 bits per heavy atom. The number of piperazine rings is 1. The van der Waals surface area contributed by atoms with E-state index >= 15 is 0 Å². The van der Waals surface area contributed by atoms with Gasteiger partial charge in [0.15, 0.2) is 0 Å². The molecule has 6 nitrogen and oxygen atoms in total. The van der Waals surface area contributed by atoms with E-state index in [4.69, 9.17) is 4.74 Å². The molecule has 0 aliphatic carbocycles. The van der Waals surface area contributed by atoms with Crippen molar-refractivity contribution in [3.05, 3.63) is 93.4 Å². The van der Waals surface area contributed by atoms with Crippen LogP contribution < -0.4 is 10.5 Å². The standard InChI is InChI=1S/C27H33N3O3/c1-20-9-11-22(12-10-20)26(25-24(31)19-21(2)30(27(25)32)17-18-33-3)29-15-13-28(14-16-29)23-7-5-4-6-8-23/h4-12,19,26,31H,13-18H2,1-3H3/t26-/m1/s1. The summed E-state index contributed by atoms with van der Waals surface area (Å²) in [7, 11) is 1.63.